The summed E-state index contributed by atoms with van der Waals surface area (Å²) >= 11 is 0. The Balaban J connectivity index is 1.68. The Morgan fingerprint density at radius 2 is 2.00 bits per heavy atom. The minimum absolute atomic E-state index is 0.0650. The fourth-order valence-electron chi connectivity index (χ4n) is 2.48. The molecule has 0 unspecified atom stereocenters. The van der Waals surface area contributed by atoms with Gasteiger partial charge in [0.15, 0.2) is 11.6 Å². The molecule has 0 radical (unpaired) electrons. The average Bonchev–Trinajstić information content (AvgIpc) is 3.03. The molecule has 6 nitrogen and oxygen atoms in total. The van der Waals surface area contributed by atoms with Crippen molar-refractivity contribution in [3.8, 4) is 0 Å². The molecule has 0 saturated carbocycles. The molecular weight excluding hydrogens is 268 g/mol. The molecule has 1 saturated heterocycles. The summed E-state index contributed by atoms with van der Waals surface area (Å²) in [5, 5.41) is 0. The predicted octanol–water partition coefficient (Wildman–Crippen LogP) is 1.53. The number of nitrogen functional groups attached to an aromatic ring is 1. The van der Waals surface area contributed by atoms with E-state index in [0.29, 0.717) is 37.6 Å². The minimum atomic E-state index is -0.0650. The minimum Gasteiger partial charge on any atom is -0.459 e. The van der Waals surface area contributed by atoms with Gasteiger partial charge in [-0.2, -0.15) is 0 Å². The van der Waals surface area contributed by atoms with Gasteiger partial charge in [-0.1, -0.05) is 0 Å². The van der Waals surface area contributed by atoms with Gasteiger partial charge in [0, 0.05) is 31.9 Å². The summed E-state index contributed by atoms with van der Waals surface area (Å²) < 4.78 is 5.16. The lowest BCUT2D eigenvalue weighted by molar-refractivity contribution is 0.0714. The zero-order valence-electron chi connectivity index (χ0n) is 12.0. The first kappa shape index (κ1) is 13.5. The molecule has 0 bridgehead atoms. The Morgan fingerprint density at radius 1 is 1.24 bits per heavy atom. The molecule has 110 valence electrons. The smallest absolute Gasteiger partial charge is 0.289 e. The van der Waals surface area contributed by atoms with E-state index in [-0.39, 0.29) is 5.91 Å². The number of hydrogen-bond acceptors (Lipinski definition) is 5. The third kappa shape index (κ3) is 2.69. The quantitative estimate of drug-likeness (QED) is 0.906. The average molecular weight is 286 g/mol. The third-order valence-corrected chi connectivity index (χ3v) is 3.64. The van der Waals surface area contributed by atoms with Crippen molar-refractivity contribution < 1.29 is 9.21 Å². The Hall–Kier alpha value is -2.50. The zero-order valence-corrected chi connectivity index (χ0v) is 12.0. The number of aryl methyl sites for hydroxylation is 1. The second-order valence-corrected chi connectivity index (χ2v) is 5.12. The summed E-state index contributed by atoms with van der Waals surface area (Å²) in [4.78, 5) is 20.6. The van der Waals surface area contributed by atoms with Crippen LogP contribution in [0.4, 0.5) is 11.5 Å². The molecule has 1 fully saturated rings. The van der Waals surface area contributed by atoms with Crippen LogP contribution in [0.15, 0.2) is 34.9 Å². The van der Waals surface area contributed by atoms with Gasteiger partial charge in [-0.15, -0.1) is 0 Å². The first-order chi connectivity index (χ1) is 10.1. The summed E-state index contributed by atoms with van der Waals surface area (Å²) in [6.45, 7) is 4.64. The first-order valence-corrected chi connectivity index (χ1v) is 6.96. The van der Waals surface area contributed by atoms with Gasteiger partial charge < -0.3 is 20.0 Å². The molecule has 3 heterocycles. The van der Waals surface area contributed by atoms with Crippen molar-refractivity contribution in [2.45, 2.75) is 6.92 Å². The molecule has 0 aliphatic carbocycles. The summed E-state index contributed by atoms with van der Waals surface area (Å²) in [5.74, 6) is 1.13. The largest absolute Gasteiger partial charge is 0.459 e. The SMILES string of the molecule is Cc1ccc(N)c(N2CCN(C(=O)c3ccco3)CC2)n1. The van der Waals surface area contributed by atoms with Crippen molar-refractivity contribution >= 4 is 17.4 Å². The van der Waals surface area contributed by atoms with Crippen LogP contribution in [-0.4, -0.2) is 42.0 Å². The van der Waals surface area contributed by atoms with Gasteiger partial charge in [-0.3, -0.25) is 4.79 Å². The fourth-order valence-corrected chi connectivity index (χ4v) is 2.48. The van der Waals surface area contributed by atoms with Crippen molar-refractivity contribution in [3.05, 3.63) is 42.0 Å². The van der Waals surface area contributed by atoms with E-state index in [4.69, 9.17) is 10.2 Å². The topological polar surface area (TPSA) is 75.6 Å². The molecule has 6 heteroatoms. The maximum absolute atomic E-state index is 12.2. The van der Waals surface area contributed by atoms with E-state index in [0.717, 1.165) is 11.5 Å². The zero-order chi connectivity index (χ0) is 14.8. The first-order valence-electron chi connectivity index (χ1n) is 6.96. The highest BCUT2D eigenvalue weighted by Gasteiger charge is 2.25. The van der Waals surface area contributed by atoms with Crippen LogP contribution in [0.1, 0.15) is 16.2 Å². The highest BCUT2D eigenvalue weighted by atomic mass is 16.3. The van der Waals surface area contributed by atoms with Crippen LogP contribution in [0, 0.1) is 6.92 Å². The molecule has 0 spiro atoms. The van der Waals surface area contributed by atoms with Gasteiger partial charge in [0.05, 0.1) is 12.0 Å². The van der Waals surface area contributed by atoms with E-state index in [9.17, 15) is 4.79 Å². The Labute approximate surface area is 123 Å². The van der Waals surface area contributed by atoms with E-state index in [1.807, 2.05) is 19.1 Å². The van der Waals surface area contributed by atoms with E-state index in [1.54, 1.807) is 17.0 Å². The van der Waals surface area contributed by atoms with Crippen molar-refractivity contribution in [3.63, 3.8) is 0 Å². The lowest BCUT2D eigenvalue weighted by atomic mass is 10.2. The molecule has 2 N–H and O–H groups in total. The fraction of sp³-hybridized carbons (Fsp3) is 0.333. The Kier molecular flexibility index (Phi) is 3.51. The standard InChI is InChI=1S/C15H18N4O2/c1-11-4-5-12(16)14(17-11)18-6-8-19(9-7-18)15(20)13-3-2-10-21-13/h2-5,10H,6-9,16H2,1H3. The van der Waals surface area contributed by atoms with Crippen LogP contribution >= 0.6 is 0 Å². The summed E-state index contributed by atoms with van der Waals surface area (Å²) in [5.41, 5.74) is 7.60. The van der Waals surface area contributed by atoms with Gasteiger partial charge >= 0.3 is 0 Å². The molecule has 0 aromatic carbocycles. The number of aromatic nitrogens is 1. The van der Waals surface area contributed by atoms with Crippen LogP contribution in [0.3, 0.4) is 0 Å². The number of nitrogens with zero attached hydrogens (tertiary/aromatic N) is 3. The third-order valence-electron chi connectivity index (χ3n) is 3.64. The lowest BCUT2D eigenvalue weighted by Crippen LogP contribution is -2.49. The van der Waals surface area contributed by atoms with E-state index >= 15 is 0 Å². The normalized spacial score (nSPS) is 15.3. The number of amides is 1. The molecule has 1 aliphatic heterocycles. The van der Waals surface area contributed by atoms with Gasteiger partial charge in [-0.05, 0) is 31.2 Å². The molecule has 1 amide bonds. The molecular formula is C15H18N4O2. The predicted molar refractivity (Wildman–Crippen MR) is 80.2 cm³/mol. The van der Waals surface area contributed by atoms with Gasteiger partial charge in [0.25, 0.3) is 5.91 Å². The highest BCUT2D eigenvalue weighted by molar-refractivity contribution is 5.91. The van der Waals surface area contributed by atoms with Crippen molar-refractivity contribution in [2.75, 3.05) is 36.8 Å². The van der Waals surface area contributed by atoms with Gasteiger partial charge in [0.1, 0.15) is 0 Å². The van der Waals surface area contributed by atoms with Crippen LogP contribution in [0.25, 0.3) is 0 Å². The summed E-state index contributed by atoms with van der Waals surface area (Å²) in [6, 6.07) is 7.18. The van der Waals surface area contributed by atoms with E-state index < -0.39 is 0 Å². The maximum atomic E-state index is 12.2. The number of piperazine rings is 1. The highest BCUT2D eigenvalue weighted by Crippen LogP contribution is 2.22. The van der Waals surface area contributed by atoms with Crippen molar-refractivity contribution in [2.24, 2.45) is 0 Å². The lowest BCUT2D eigenvalue weighted by Gasteiger charge is -2.35. The summed E-state index contributed by atoms with van der Waals surface area (Å²) in [7, 11) is 0. The van der Waals surface area contributed by atoms with E-state index in [1.165, 1.54) is 6.26 Å². The number of carbonyl (C=O) groups is 1. The number of pyridine rings is 1. The number of furan rings is 1. The molecule has 21 heavy (non-hydrogen) atoms. The Morgan fingerprint density at radius 3 is 2.67 bits per heavy atom. The second-order valence-electron chi connectivity index (χ2n) is 5.12. The number of carbonyl (C=O) groups excluding carboxylic acids is 1. The second kappa shape index (κ2) is 5.47. The molecule has 1 aliphatic rings. The van der Waals surface area contributed by atoms with Crippen molar-refractivity contribution in [1.29, 1.82) is 0 Å². The molecule has 0 atom stereocenters. The number of nitrogens with two attached hydrogens (primary N) is 1. The summed E-state index contributed by atoms with van der Waals surface area (Å²) in [6.07, 6.45) is 1.51. The number of anilines is 2. The van der Waals surface area contributed by atoms with Crippen LogP contribution < -0.4 is 10.6 Å². The Bertz CT molecular complexity index is 631. The van der Waals surface area contributed by atoms with Crippen LogP contribution in [0.5, 0.6) is 0 Å². The van der Waals surface area contributed by atoms with Crippen LogP contribution in [-0.2, 0) is 0 Å². The van der Waals surface area contributed by atoms with Gasteiger partial charge in [0.2, 0.25) is 0 Å². The molecule has 2 aromatic heterocycles. The number of hydrogen-bond donors (Lipinski definition) is 1. The van der Waals surface area contributed by atoms with Gasteiger partial charge in [-0.25, -0.2) is 4.98 Å². The van der Waals surface area contributed by atoms with E-state index in [2.05, 4.69) is 9.88 Å². The monoisotopic (exact) mass is 286 g/mol. The van der Waals surface area contributed by atoms with Crippen LogP contribution in [0.2, 0.25) is 0 Å². The maximum Gasteiger partial charge on any atom is 0.289 e. The molecule has 2 aromatic rings. The molecule has 3 rings (SSSR count). The number of rotatable bonds is 2. The van der Waals surface area contributed by atoms with Crippen molar-refractivity contribution in [1.82, 2.24) is 9.88 Å².